The Morgan fingerprint density at radius 3 is 2.64 bits per heavy atom. The predicted molar refractivity (Wildman–Crippen MR) is 94.4 cm³/mol. The third-order valence-electron chi connectivity index (χ3n) is 3.80. The first kappa shape index (κ1) is 16.7. The van der Waals surface area contributed by atoms with E-state index in [1.807, 2.05) is 31.2 Å². The first-order valence-corrected chi connectivity index (χ1v) is 7.90. The van der Waals surface area contributed by atoms with E-state index in [0.29, 0.717) is 12.3 Å². The number of rotatable bonds is 5. The molecule has 3 rings (SSSR count). The van der Waals surface area contributed by atoms with Crippen LogP contribution in [0.4, 0.5) is 10.1 Å². The third kappa shape index (κ3) is 3.52. The van der Waals surface area contributed by atoms with Crippen LogP contribution in [0.2, 0.25) is 0 Å². The number of hydrogen-bond donors (Lipinski definition) is 1. The van der Waals surface area contributed by atoms with Gasteiger partial charge in [-0.3, -0.25) is 9.59 Å². The van der Waals surface area contributed by atoms with E-state index in [9.17, 15) is 14.0 Å². The van der Waals surface area contributed by atoms with Crippen molar-refractivity contribution in [2.24, 2.45) is 0 Å². The summed E-state index contributed by atoms with van der Waals surface area (Å²) in [6.07, 6.45) is 0. The van der Waals surface area contributed by atoms with Gasteiger partial charge in [-0.05, 0) is 31.2 Å². The minimum Gasteiger partial charge on any atom is -0.483 e. The molecule has 0 fully saturated rings. The van der Waals surface area contributed by atoms with E-state index in [2.05, 4.69) is 5.32 Å². The number of halogens is 1. The quantitative estimate of drug-likeness (QED) is 0.776. The maximum absolute atomic E-state index is 13.6. The summed E-state index contributed by atoms with van der Waals surface area (Å²) in [4.78, 5) is 24.2. The first-order chi connectivity index (χ1) is 12.1. The second kappa shape index (κ2) is 7.17. The molecule has 1 heterocycles. The molecule has 1 amide bonds. The summed E-state index contributed by atoms with van der Waals surface area (Å²) in [6.45, 7) is 2.09. The van der Waals surface area contributed by atoms with Gasteiger partial charge in [0.1, 0.15) is 11.6 Å². The number of carbonyl (C=O) groups is 1. The SMILES string of the molecule is CCn1c(=O)cc(OCC(=O)Nc2ccccc2F)c2ccccc21. The average molecular weight is 340 g/mol. The number of aromatic nitrogens is 1. The van der Waals surface area contributed by atoms with Crippen LogP contribution >= 0.6 is 0 Å². The van der Waals surface area contributed by atoms with Gasteiger partial charge in [0, 0.05) is 18.0 Å². The van der Waals surface area contributed by atoms with Crippen molar-refractivity contribution in [1.29, 1.82) is 0 Å². The van der Waals surface area contributed by atoms with Crippen LogP contribution in [0.15, 0.2) is 59.4 Å². The molecule has 0 bridgehead atoms. The van der Waals surface area contributed by atoms with Crippen LogP contribution in [-0.4, -0.2) is 17.1 Å². The smallest absolute Gasteiger partial charge is 0.262 e. The van der Waals surface area contributed by atoms with Crippen LogP contribution in [0, 0.1) is 5.82 Å². The molecule has 0 atom stereocenters. The molecule has 1 aromatic heterocycles. The zero-order valence-electron chi connectivity index (χ0n) is 13.7. The molecule has 128 valence electrons. The number of para-hydroxylation sites is 2. The average Bonchev–Trinajstić information content (AvgIpc) is 2.62. The standard InChI is InChI=1S/C19H17FN2O3/c1-2-22-16-10-6-3-7-13(16)17(11-19(22)24)25-12-18(23)21-15-9-5-4-8-14(15)20/h3-11H,2,12H2,1H3,(H,21,23). The highest BCUT2D eigenvalue weighted by atomic mass is 19.1. The van der Waals surface area contributed by atoms with Crippen LogP contribution in [-0.2, 0) is 11.3 Å². The summed E-state index contributed by atoms with van der Waals surface area (Å²) in [5.74, 6) is -0.699. The fourth-order valence-electron chi connectivity index (χ4n) is 2.64. The Morgan fingerprint density at radius 1 is 1.16 bits per heavy atom. The number of carbonyl (C=O) groups excluding carboxylic acids is 1. The Kier molecular flexibility index (Phi) is 4.79. The van der Waals surface area contributed by atoms with Crippen molar-refractivity contribution in [1.82, 2.24) is 4.57 Å². The van der Waals surface area contributed by atoms with Crippen LogP contribution < -0.4 is 15.6 Å². The number of ether oxygens (including phenoxy) is 1. The molecule has 0 radical (unpaired) electrons. The van der Waals surface area contributed by atoms with Gasteiger partial charge >= 0.3 is 0 Å². The molecule has 0 aliphatic heterocycles. The Bertz CT molecular complexity index is 982. The molecule has 1 N–H and O–H groups in total. The molecular formula is C19H17FN2O3. The minimum absolute atomic E-state index is 0.0855. The van der Waals surface area contributed by atoms with Crippen molar-refractivity contribution in [2.45, 2.75) is 13.5 Å². The van der Waals surface area contributed by atoms with Crippen molar-refractivity contribution in [3.8, 4) is 5.75 Å². The zero-order chi connectivity index (χ0) is 17.8. The van der Waals surface area contributed by atoms with Gasteiger partial charge in [0.05, 0.1) is 11.2 Å². The highest BCUT2D eigenvalue weighted by molar-refractivity contribution is 5.92. The number of aryl methyl sites for hydroxylation is 1. The summed E-state index contributed by atoms with van der Waals surface area (Å²) in [5, 5.41) is 3.18. The summed E-state index contributed by atoms with van der Waals surface area (Å²) < 4.78 is 20.7. The molecule has 0 saturated carbocycles. The Hall–Kier alpha value is -3.15. The first-order valence-electron chi connectivity index (χ1n) is 7.90. The molecule has 0 aliphatic rings. The second-order valence-electron chi connectivity index (χ2n) is 5.42. The van der Waals surface area contributed by atoms with Gasteiger partial charge in [0.2, 0.25) is 0 Å². The van der Waals surface area contributed by atoms with E-state index < -0.39 is 11.7 Å². The maximum Gasteiger partial charge on any atom is 0.262 e. The van der Waals surface area contributed by atoms with Crippen molar-refractivity contribution in [2.75, 3.05) is 11.9 Å². The molecule has 25 heavy (non-hydrogen) atoms. The maximum atomic E-state index is 13.6. The number of hydrogen-bond acceptors (Lipinski definition) is 3. The van der Waals surface area contributed by atoms with Gasteiger partial charge in [-0.1, -0.05) is 24.3 Å². The third-order valence-corrected chi connectivity index (χ3v) is 3.80. The Morgan fingerprint density at radius 2 is 1.88 bits per heavy atom. The molecule has 0 aliphatic carbocycles. The molecular weight excluding hydrogens is 323 g/mol. The van der Waals surface area contributed by atoms with E-state index in [4.69, 9.17) is 4.74 Å². The summed E-state index contributed by atoms with van der Waals surface area (Å²) in [6, 6.07) is 14.6. The highest BCUT2D eigenvalue weighted by Crippen LogP contribution is 2.23. The van der Waals surface area contributed by atoms with Gasteiger partial charge < -0.3 is 14.6 Å². The van der Waals surface area contributed by atoms with Crippen LogP contribution in [0.1, 0.15) is 6.92 Å². The lowest BCUT2D eigenvalue weighted by Crippen LogP contribution is -2.23. The van der Waals surface area contributed by atoms with Crippen molar-refractivity contribution >= 4 is 22.5 Å². The number of benzene rings is 2. The van der Waals surface area contributed by atoms with Gasteiger partial charge in [0.15, 0.2) is 6.61 Å². The number of amides is 1. The van der Waals surface area contributed by atoms with Crippen LogP contribution in [0.3, 0.4) is 0 Å². The topological polar surface area (TPSA) is 60.3 Å². The summed E-state index contributed by atoms with van der Waals surface area (Å²) >= 11 is 0. The van der Waals surface area contributed by atoms with Gasteiger partial charge in [-0.2, -0.15) is 0 Å². The van der Waals surface area contributed by atoms with Crippen molar-refractivity contribution < 1.29 is 13.9 Å². The van der Waals surface area contributed by atoms with Crippen LogP contribution in [0.5, 0.6) is 5.75 Å². The number of anilines is 1. The van der Waals surface area contributed by atoms with E-state index in [-0.39, 0.29) is 17.9 Å². The van der Waals surface area contributed by atoms with Gasteiger partial charge in [-0.15, -0.1) is 0 Å². The fourth-order valence-corrected chi connectivity index (χ4v) is 2.64. The lowest BCUT2D eigenvalue weighted by molar-refractivity contribution is -0.118. The molecule has 6 heteroatoms. The Labute approximate surface area is 143 Å². The van der Waals surface area contributed by atoms with Crippen LogP contribution in [0.25, 0.3) is 10.9 Å². The van der Waals surface area contributed by atoms with Crippen molar-refractivity contribution in [3.05, 3.63) is 70.8 Å². The number of nitrogens with one attached hydrogen (secondary N) is 1. The van der Waals surface area contributed by atoms with E-state index in [0.717, 1.165) is 10.9 Å². The second-order valence-corrected chi connectivity index (χ2v) is 5.42. The number of pyridine rings is 1. The van der Waals surface area contributed by atoms with Gasteiger partial charge in [0.25, 0.3) is 11.5 Å². The molecule has 5 nitrogen and oxygen atoms in total. The normalized spacial score (nSPS) is 10.6. The van der Waals surface area contributed by atoms with E-state index in [1.54, 1.807) is 10.6 Å². The molecule has 2 aromatic carbocycles. The lowest BCUT2D eigenvalue weighted by atomic mass is 10.2. The minimum atomic E-state index is -0.521. The molecule has 0 unspecified atom stereocenters. The fraction of sp³-hybridized carbons (Fsp3) is 0.158. The van der Waals surface area contributed by atoms with E-state index in [1.165, 1.54) is 24.3 Å². The largest absolute Gasteiger partial charge is 0.483 e. The van der Waals surface area contributed by atoms with E-state index >= 15 is 0 Å². The number of nitrogens with zero attached hydrogens (tertiary/aromatic N) is 1. The van der Waals surface area contributed by atoms with Gasteiger partial charge in [-0.25, -0.2) is 4.39 Å². The number of fused-ring (bicyclic) bond motifs is 1. The highest BCUT2D eigenvalue weighted by Gasteiger charge is 2.11. The molecule has 3 aromatic rings. The zero-order valence-corrected chi connectivity index (χ0v) is 13.7. The predicted octanol–water partition coefficient (Wildman–Crippen LogP) is 3.18. The summed E-state index contributed by atoms with van der Waals surface area (Å²) in [7, 11) is 0. The summed E-state index contributed by atoms with van der Waals surface area (Å²) in [5.41, 5.74) is 0.620. The monoisotopic (exact) mass is 340 g/mol. The van der Waals surface area contributed by atoms with Crippen molar-refractivity contribution in [3.63, 3.8) is 0 Å². The molecule has 0 spiro atoms. The Balaban J connectivity index is 1.81. The molecule has 0 saturated heterocycles. The lowest BCUT2D eigenvalue weighted by Gasteiger charge is -2.13.